The molecule has 0 aliphatic carbocycles. The normalized spacial score (nSPS) is 21.2. The van der Waals surface area contributed by atoms with Crippen LogP contribution in [0.2, 0.25) is 0 Å². The van der Waals surface area contributed by atoms with E-state index in [-0.39, 0.29) is 0 Å². The minimum absolute atomic E-state index is 0.397. The number of nitrogens with one attached hydrogen (secondary N) is 1. The van der Waals surface area contributed by atoms with Gasteiger partial charge in [-0.1, -0.05) is 58.4 Å². The van der Waals surface area contributed by atoms with E-state index in [4.69, 9.17) is 4.98 Å². The van der Waals surface area contributed by atoms with E-state index in [0.717, 1.165) is 29.1 Å². The lowest BCUT2D eigenvalue weighted by Gasteiger charge is -2.17. The van der Waals surface area contributed by atoms with E-state index in [0.29, 0.717) is 11.8 Å². The molecule has 4 heteroatoms. The summed E-state index contributed by atoms with van der Waals surface area (Å²) in [6.45, 7) is 2.09. The second kappa shape index (κ2) is 6.54. The summed E-state index contributed by atoms with van der Waals surface area (Å²) in [5.41, 5.74) is 3.66. The van der Waals surface area contributed by atoms with Crippen LogP contribution in [0.5, 0.6) is 0 Å². The monoisotopic (exact) mass is 381 g/mol. The molecule has 0 radical (unpaired) electrons. The van der Waals surface area contributed by atoms with Crippen LogP contribution in [0.3, 0.4) is 0 Å². The fourth-order valence-electron chi connectivity index (χ4n) is 3.61. The maximum atomic E-state index is 4.71. The van der Waals surface area contributed by atoms with Gasteiger partial charge in [0.1, 0.15) is 5.82 Å². The predicted octanol–water partition coefficient (Wildman–Crippen LogP) is 4.65. The highest BCUT2D eigenvalue weighted by atomic mass is 79.9. The standard InChI is InChI=1S/C20H20BrN3/c1-24-12-17(14-7-9-16(21)10-8-14)18(13-24)20-22-11-19(23-20)15-5-3-2-4-6-15/h2-11,17-18H,12-13H2,1H3,(H,22,23). The Labute approximate surface area is 150 Å². The van der Waals surface area contributed by atoms with Gasteiger partial charge < -0.3 is 9.88 Å². The van der Waals surface area contributed by atoms with Crippen molar-refractivity contribution in [3.8, 4) is 11.3 Å². The van der Waals surface area contributed by atoms with Crippen LogP contribution in [0, 0.1) is 0 Å². The van der Waals surface area contributed by atoms with Gasteiger partial charge in [-0.05, 0) is 30.3 Å². The van der Waals surface area contributed by atoms with E-state index in [9.17, 15) is 0 Å². The Kier molecular flexibility index (Phi) is 4.25. The zero-order chi connectivity index (χ0) is 16.5. The molecule has 3 aromatic rings. The summed E-state index contributed by atoms with van der Waals surface area (Å²) >= 11 is 3.53. The average Bonchev–Trinajstić information content (AvgIpc) is 3.23. The number of likely N-dealkylation sites (tertiary alicyclic amines) is 1. The Morgan fingerprint density at radius 3 is 2.46 bits per heavy atom. The number of benzene rings is 2. The highest BCUT2D eigenvalue weighted by Crippen LogP contribution is 2.38. The van der Waals surface area contributed by atoms with E-state index in [1.54, 1.807) is 0 Å². The quantitative estimate of drug-likeness (QED) is 0.715. The van der Waals surface area contributed by atoms with Gasteiger partial charge in [-0.3, -0.25) is 0 Å². The van der Waals surface area contributed by atoms with Gasteiger partial charge in [0.2, 0.25) is 0 Å². The number of hydrogen-bond donors (Lipinski definition) is 1. The molecule has 0 saturated carbocycles. The molecule has 2 heterocycles. The molecular formula is C20H20BrN3. The van der Waals surface area contributed by atoms with Crippen molar-refractivity contribution >= 4 is 15.9 Å². The number of halogens is 1. The lowest BCUT2D eigenvalue weighted by Crippen LogP contribution is -2.13. The summed E-state index contributed by atoms with van der Waals surface area (Å²) < 4.78 is 1.12. The average molecular weight is 382 g/mol. The van der Waals surface area contributed by atoms with Crippen molar-refractivity contribution < 1.29 is 0 Å². The number of nitrogens with zero attached hydrogens (tertiary/aromatic N) is 2. The first kappa shape index (κ1) is 15.6. The van der Waals surface area contributed by atoms with Crippen molar-refractivity contribution in [2.24, 2.45) is 0 Å². The van der Waals surface area contributed by atoms with Gasteiger partial charge in [-0.15, -0.1) is 0 Å². The predicted molar refractivity (Wildman–Crippen MR) is 101 cm³/mol. The third-order valence-electron chi connectivity index (χ3n) is 4.83. The van der Waals surface area contributed by atoms with Crippen molar-refractivity contribution in [2.45, 2.75) is 11.8 Å². The molecule has 0 bridgehead atoms. The van der Waals surface area contributed by atoms with Crippen molar-refractivity contribution in [1.82, 2.24) is 14.9 Å². The Bertz CT molecular complexity index is 810. The van der Waals surface area contributed by atoms with Gasteiger partial charge >= 0.3 is 0 Å². The van der Waals surface area contributed by atoms with Crippen LogP contribution in [-0.4, -0.2) is 35.0 Å². The van der Waals surface area contributed by atoms with Crippen molar-refractivity contribution in [3.05, 3.63) is 76.7 Å². The first-order chi connectivity index (χ1) is 11.7. The molecule has 1 aliphatic rings. The molecular weight excluding hydrogens is 362 g/mol. The largest absolute Gasteiger partial charge is 0.342 e. The molecule has 2 atom stereocenters. The molecule has 1 aliphatic heterocycles. The topological polar surface area (TPSA) is 31.9 Å². The van der Waals surface area contributed by atoms with Crippen LogP contribution in [0.4, 0.5) is 0 Å². The minimum atomic E-state index is 0.397. The van der Waals surface area contributed by atoms with Gasteiger partial charge in [-0.25, -0.2) is 4.98 Å². The first-order valence-electron chi connectivity index (χ1n) is 8.25. The second-order valence-corrected chi connectivity index (χ2v) is 7.45. The first-order valence-corrected chi connectivity index (χ1v) is 9.04. The summed E-state index contributed by atoms with van der Waals surface area (Å²) in [5.74, 6) is 1.96. The van der Waals surface area contributed by atoms with Crippen LogP contribution in [-0.2, 0) is 0 Å². The highest BCUT2D eigenvalue weighted by Gasteiger charge is 2.34. The molecule has 2 aromatic carbocycles. The Hall–Kier alpha value is -1.91. The molecule has 4 rings (SSSR count). The van der Waals surface area contributed by atoms with E-state index in [2.05, 4.69) is 81.4 Å². The third kappa shape index (κ3) is 3.04. The summed E-state index contributed by atoms with van der Waals surface area (Å²) in [4.78, 5) is 10.7. The van der Waals surface area contributed by atoms with Gasteiger partial charge in [-0.2, -0.15) is 0 Å². The van der Waals surface area contributed by atoms with Gasteiger partial charge in [0.15, 0.2) is 0 Å². The Morgan fingerprint density at radius 1 is 1.00 bits per heavy atom. The molecule has 24 heavy (non-hydrogen) atoms. The minimum Gasteiger partial charge on any atom is -0.342 e. The summed E-state index contributed by atoms with van der Waals surface area (Å²) in [6, 6.07) is 19.1. The summed E-state index contributed by atoms with van der Waals surface area (Å²) in [5, 5.41) is 0. The van der Waals surface area contributed by atoms with Crippen LogP contribution >= 0.6 is 15.9 Å². The molecule has 1 saturated heterocycles. The molecule has 122 valence electrons. The molecule has 3 nitrogen and oxygen atoms in total. The van der Waals surface area contributed by atoms with Crippen molar-refractivity contribution in [2.75, 3.05) is 20.1 Å². The number of imidazole rings is 1. The smallest absolute Gasteiger partial charge is 0.111 e. The number of likely N-dealkylation sites (N-methyl/N-ethyl adjacent to an activating group) is 1. The van der Waals surface area contributed by atoms with Gasteiger partial charge in [0.05, 0.1) is 11.9 Å². The SMILES string of the molecule is CN1CC(c2ccc(Br)cc2)C(c2ncc(-c3ccccc3)[nH]2)C1. The second-order valence-electron chi connectivity index (χ2n) is 6.53. The van der Waals surface area contributed by atoms with Gasteiger partial charge in [0.25, 0.3) is 0 Å². The van der Waals surface area contributed by atoms with E-state index >= 15 is 0 Å². The number of aromatic nitrogens is 2. The molecule has 0 amide bonds. The molecule has 1 aromatic heterocycles. The molecule has 1 fully saturated rings. The number of aromatic amines is 1. The lowest BCUT2D eigenvalue weighted by atomic mass is 9.88. The summed E-state index contributed by atoms with van der Waals surface area (Å²) in [6.07, 6.45) is 1.96. The Balaban J connectivity index is 1.64. The number of H-pyrrole nitrogens is 1. The third-order valence-corrected chi connectivity index (χ3v) is 5.36. The van der Waals surface area contributed by atoms with E-state index < -0.39 is 0 Å². The highest BCUT2D eigenvalue weighted by molar-refractivity contribution is 9.10. The van der Waals surface area contributed by atoms with Crippen molar-refractivity contribution in [1.29, 1.82) is 0 Å². The van der Waals surface area contributed by atoms with E-state index in [1.165, 1.54) is 11.1 Å². The maximum absolute atomic E-state index is 4.71. The molecule has 1 N–H and O–H groups in total. The van der Waals surface area contributed by atoms with E-state index in [1.807, 2.05) is 12.3 Å². The van der Waals surface area contributed by atoms with Gasteiger partial charge in [0, 0.05) is 29.4 Å². The zero-order valence-corrected chi connectivity index (χ0v) is 15.2. The lowest BCUT2D eigenvalue weighted by molar-refractivity contribution is 0.406. The number of rotatable bonds is 3. The fraction of sp³-hybridized carbons (Fsp3) is 0.250. The zero-order valence-electron chi connectivity index (χ0n) is 13.6. The van der Waals surface area contributed by atoms with Crippen LogP contribution in [0.1, 0.15) is 23.2 Å². The molecule has 0 spiro atoms. The number of hydrogen-bond acceptors (Lipinski definition) is 2. The Morgan fingerprint density at radius 2 is 1.71 bits per heavy atom. The van der Waals surface area contributed by atoms with Crippen molar-refractivity contribution in [3.63, 3.8) is 0 Å². The summed E-state index contributed by atoms with van der Waals surface area (Å²) in [7, 11) is 2.19. The fourth-order valence-corrected chi connectivity index (χ4v) is 3.88. The van der Waals surface area contributed by atoms with Crippen LogP contribution in [0.15, 0.2) is 65.3 Å². The van der Waals surface area contributed by atoms with Crippen LogP contribution in [0.25, 0.3) is 11.3 Å². The molecule has 2 unspecified atom stereocenters. The maximum Gasteiger partial charge on any atom is 0.111 e. The van der Waals surface area contributed by atoms with Crippen LogP contribution < -0.4 is 0 Å².